The molecular formula is C14H20N2O5. The van der Waals surface area contributed by atoms with Gasteiger partial charge in [0.2, 0.25) is 0 Å². The van der Waals surface area contributed by atoms with E-state index in [1.165, 1.54) is 33.1 Å². The highest BCUT2D eigenvalue weighted by molar-refractivity contribution is 5.91. The molecule has 7 nitrogen and oxygen atoms in total. The number of carboxylic acids is 1. The van der Waals surface area contributed by atoms with Crippen LogP contribution in [0.15, 0.2) is 18.2 Å². The normalized spacial score (nSPS) is 11.4. The summed E-state index contributed by atoms with van der Waals surface area (Å²) in [7, 11) is 4.54. The molecule has 0 saturated carbocycles. The summed E-state index contributed by atoms with van der Waals surface area (Å²) in [5, 5.41) is 11.5. The molecule has 0 aliphatic rings. The van der Waals surface area contributed by atoms with E-state index >= 15 is 0 Å². The highest BCUT2D eigenvalue weighted by Crippen LogP contribution is 2.29. The van der Waals surface area contributed by atoms with Crippen LogP contribution in [0.1, 0.15) is 6.92 Å². The molecule has 0 fully saturated rings. The van der Waals surface area contributed by atoms with Crippen molar-refractivity contribution in [2.24, 2.45) is 5.92 Å². The second kappa shape index (κ2) is 7.37. The van der Waals surface area contributed by atoms with Gasteiger partial charge < -0.3 is 24.8 Å². The molecule has 1 unspecified atom stereocenters. The van der Waals surface area contributed by atoms with Gasteiger partial charge in [0.15, 0.2) is 0 Å². The van der Waals surface area contributed by atoms with Crippen molar-refractivity contribution in [2.45, 2.75) is 6.92 Å². The third kappa shape index (κ3) is 4.55. The zero-order chi connectivity index (χ0) is 16.0. The molecule has 1 rings (SSSR count). The molecule has 2 N–H and O–H groups in total. The van der Waals surface area contributed by atoms with E-state index in [2.05, 4.69) is 5.32 Å². The number of carbonyl (C=O) groups is 2. The van der Waals surface area contributed by atoms with Gasteiger partial charge in [-0.05, 0) is 12.1 Å². The summed E-state index contributed by atoms with van der Waals surface area (Å²) < 4.78 is 10.3. The lowest BCUT2D eigenvalue weighted by atomic mass is 10.2. The molecule has 0 bridgehead atoms. The van der Waals surface area contributed by atoms with Crippen molar-refractivity contribution in [1.29, 1.82) is 0 Å². The topological polar surface area (TPSA) is 88.1 Å². The monoisotopic (exact) mass is 296 g/mol. The fraction of sp³-hybridized carbons (Fsp3) is 0.429. The number of hydrogen-bond acceptors (Lipinski definition) is 4. The van der Waals surface area contributed by atoms with Crippen LogP contribution in [0.5, 0.6) is 11.5 Å². The first-order chi connectivity index (χ1) is 9.88. The number of benzene rings is 1. The lowest BCUT2D eigenvalue weighted by Gasteiger charge is -2.21. The average molecular weight is 296 g/mol. The van der Waals surface area contributed by atoms with E-state index in [1.807, 2.05) is 0 Å². The number of methoxy groups -OCH3 is 2. The Hall–Kier alpha value is -2.44. The maximum absolute atomic E-state index is 12.1. The van der Waals surface area contributed by atoms with E-state index in [4.69, 9.17) is 14.6 Å². The van der Waals surface area contributed by atoms with Crippen LogP contribution in [0.3, 0.4) is 0 Å². The van der Waals surface area contributed by atoms with Crippen LogP contribution in [-0.4, -0.2) is 49.8 Å². The van der Waals surface area contributed by atoms with Crippen molar-refractivity contribution >= 4 is 17.7 Å². The van der Waals surface area contributed by atoms with Crippen molar-refractivity contribution in [3.63, 3.8) is 0 Å². The minimum absolute atomic E-state index is 0.105. The highest BCUT2D eigenvalue weighted by atomic mass is 16.5. The van der Waals surface area contributed by atoms with Gasteiger partial charge >= 0.3 is 12.0 Å². The van der Waals surface area contributed by atoms with Gasteiger partial charge in [0.05, 0.1) is 25.8 Å². The average Bonchev–Trinajstić information content (AvgIpc) is 2.46. The minimum Gasteiger partial charge on any atom is -0.497 e. The van der Waals surface area contributed by atoms with E-state index < -0.39 is 17.9 Å². The van der Waals surface area contributed by atoms with E-state index in [1.54, 1.807) is 18.2 Å². The Labute approximate surface area is 123 Å². The Bertz CT molecular complexity index is 518. The predicted octanol–water partition coefficient (Wildman–Crippen LogP) is 1.89. The van der Waals surface area contributed by atoms with Crippen LogP contribution in [0.25, 0.3) is 0 Å². The van der Waals surface area contributed by atoms with Crippen LogP contribution < -0.4 is 14.8 Å². The van der Waals surface area contributed by atoms with Gasteiger partial charge in [-0.15, -0.1) is 0 Å². The maximum Gasteiger partial charge on any atom is 0.321 e. The van der Waals surface area contributed by atoms with Crippen LogP contribution >= 0.6 is 0 Å². The smallest absolute Gasteiger partial charge is 0.321 e. The number of carboxylic acid groups (broad SMARTS) is 1. The molecule has 1 aromatic rings. The summed E-state index contributed by atoms with van der Waals surface area (Å²) in [5.41, 5.74) is 0.455. The molecule has 0 heterocycles. The first-order valence-corrected chi connectivity index (χ1v) is 6.36. The Morgan fingerprint density at radius 1 is 1.33 bits per heavy atom. The van der Waals surface area contributed by atoms with Gasteiger partial charge in [-0.1, -0.05) is 6.92 Å². The number of nitrogens with zero attached hydrogens (tertiary/aromatic N) is 1. The lowest BCUT2D eigenvalue weighted by molar-refractivity contribution is -0.141. The summed E-state index contributed by atoms with van der Waals surface area (Å²) in [6, 6.07) is 4.60. The summed E-state index contributed by atoms with van der Waals surface area (Å²) in [5.74, 6) is -0.530. The predicted molar refractivity (Wildman–Crippen MR) is 78.0 cm³/mol. The van der Waals surface area contributed by atoms with E-state index in [-0.39, 0.29) is 6.54 Å². The van der Waals surface area contributed by atoms with Gasteiger partial charge in [0, 0.05) is 19.7 Å². The van der Waals surface area contributed by atoms with E-state index in [0.717, 1.165) is 0 Å². The molecular weight excluding hydrogens is 276 g/mol. The number of anilines is 1. The fourth-order valence-electron chi connectivity index (χ4n) is 1.69. The number of rotatable bonds is 6. The Morgan fingerprint density at radius 3 is 2.52 bits per heavy atom. The minimum atomic E-state index is -0.950. The van der Waals surface area contributed by atoms with Crippen molar-refractivity contribution in [3.8, 4) is 11.5 Å². The van der Waals surface area contributed by atoms with Gasteiger partial charge in [-0.3, -0.25) is 4.79 Å². The highest BCUT2D eigenvalue weighted by Gasteiger charge is 2.18. The second-order valence-corrected chi connectivity index (χ2v) is 4.62. The van der Waals surface area contributed by atoms with Crippen LogP contribution in [0.4, 0.5) is 10.5 Å². The second-order valence-electron chi connectivity index (χ2n) is 4.62. The van der Waals surface area contributed by atoms with Crippen LogP contribution in [0, 0.1) is 5.92 Å². The first kappa shape index (κ1) is 16.6. The number of nitrogens with one attached hydrogen (secondary N) is 1. The first-order valence-electron chi connectivity index (χ1n) is 6.36. The lowest BCUT2D eigenvalue weighted by Crippen LogP contribution is -2.36. The largest absolute Gasteiger partial charge is 0.497 e. The van der Waals surface area contributed by atoms with E-state index in [9.17, 15) is 9.59 Å². The number of aliphatic carboxylic acids is 1. The molecule has 21 heavy (non-hydrogen) atoms. The third-order valence-corrected chi connectivity index (χ3v) is 2.96. The molecule has 0 spiro atoms. The summed E-state index contributed by atoms with van der Waals surface area (Å²) >= 11 is 0. The molecule has 2 amide bonds. The zero-order valence-corrected chi connectivity index (χ0v) is 12.5. The molecule has 0 aliphatic heterocycles. The zero-order valence-electron chi connectivity index (χ0n) is 12.5. The molecule has 0 aromatic heterocycles. The number of amides is 2. The van der Waals surface area contributed by atoms with Crippen LogP contribution in [-0.2, 0) is 4.79 Å². The Kier molecular flexibility index (Phi) is 5.83. The van der Waals surface area contributed by atoms with Crippen molar-refractivity contribution in [3.05, 3.63) is 18.2 Å². The van der Waals surface area contributed by atoms with Crippen LogP contribution in [0.2, 0.25) is 0 Å². The number of urea groups is 1. The number of carbonyl (C=O) groups excluding carboxylic acids is 1. The standard InChI is InChI=1S/C14H20N2O5/c1-9(13(17)18)8-16(2)14(19)15-11-7-10(20-3)5-6-12(11)21-4/h5-7,9H,8H2,1-4H3,(H,15,19)(H,17,18). The van der Waals surface area contributed by atoms with Crippen molar-refractivity contribution in [1.82, 2.24) is 4.90 Å². The molecule has 7 heteroatoms. The molecule has 0 radical (unpaired) electrons. The Morgan fingerprint density at radius 2 is 2.00 bits per heavy atom. The van der Waals surface area contributed by atoms with Gasteiger partial charge in [0.1, 0.15) is 11.5 Å². The Balaban J connectivity index is 2.80. The molecule has 1 atom stereocenters. The maximum atomic E-state index is 12.1. The van der Waals surface area contributed by atoms with Crippen molar-refractivity contribution in [2.75, 3.05) is 33.1 Å². The van der Waals surface area contributed by atoms with E-state index in [0.29, 0.717) is 17.2 Å². The third-order valence-electron chi connectivity index (χ3n) is 2.96. The SMILES string of the molecule is COc1ccc(OC)c(NC(=O)N(C)CC(C)C(=O)O)c1. The van der Waals surface area contributed by atoms with Crippen molar-refractivity contribution < 1.29 is 24.2 Å². The van der Waals surface area contributed by atoms with Gasteiger partial charge in [0.25, 0.3) is 0 Å². The number of hydrogen-bond donors (Lipinski definition) is 2. The summed E-state index contributed by atoms with van der Waals surface area (Å²) in [6.07, 6.45) is 0. The molecule has 0 saturated heterocycles. The number of ether oxygens (including phenoxy) is 2. The molecule has 1 aromatic carbocycles. The fourth-order valence-corrected chi connectivity index (χ4v) is 1.69. The summed E-state index contributed by atoms with van der Waals surface area (Å²) in [6.45, 7) is 1.64. The quantitative estimate of drug-likeness (QED) is 0.837. The van der Waals surface area contributed by atoms with Gasteiger partial charge in [-0.25, -0.2) is 4.79 Å². The summed E-state index contributed by atoms with van der Waals surface area (Å²) in [4.78, 5) is 24.2. The molecule has 0 aliphatic carbocycles. The van der Waals surface area contributed by atoms with Gasteiger partial charge in [-0.2, -0.15) is 0 Å². The molecule has 116 valence electrons.